The maximum atomic E-state index is 11.6. The highest BCUT2D eigenvalue weighted by molar-refractivity contribution is 5.68. The fourth-order valence-corrected chi connectivity index (χ4v) is 2.70. The minimum Gasteiger partial charge on any atom is -0.444 e. The van der Waals surface area contributed by atoms with Crippen LogP contribution in [0, 0.1) is 5.92 Å². The highest BCUT2D eigenvalue weighted by atomic mass is 16.6. The molecule has 1 saturated heterocycles. The molecule has 0 unspecified atom stereocenters. The van der Waals surface area contributed by atoms with E-state index < -0.39 is 5.60 Å². The van der Waals surface area contributed by atoms with Crippen molar-refractivity contribution in [2.75, 3.05) is 6.61 Å². The Kier molecular flexibility index (Phi) is 3.61. The molecule has 2 aliphatic rings. The Bertz CT molecular complexity index is 285. The Labute approximate surface area is 103 Å². The van der Waals surface area contributed by atoms with Crippen LogP contribution in [0.15, 0.2) is 0 Å². The summed E-state index contributed by atoms with van der Waals surface area (Å²) in [6.07, 6.45) is 4.37. The van der Waals surface area contributed by atoms with Crippen LogP contribution in [0.4, 0.5) is 4.79 Å². The molecule has 98 valence electrons. The number of rotatable bonds is 1. The van der Waals surface area contributed by atoms with Crippen molar-refractivity contribution in [1.82, 2.24) is 5.32 Å². The molecule has 1 aliphatic carbocycles. The smallest absolute Gasteiger partial charge is 0.407 e. The predicted molar refractivity (Wildman–Crippen MR) is 64.9 cm³/mol. The van der Waals surface area contributed by atoms with E-state index >= 15 is 0 Å². The molecule has 0 aromatic heterocycles. The lowest BCUT2D eigenvalue weighted by molar-refractivity contribution is 0.0352. The number of hydrogen-bond donors (Lipinski definition) is 1. The van der Waals surface area contributed by atoms with E-state index in [9.17, 15) is 4.79 Å². The first-order chi connectivity index (χ1) is 7.94. The summed E-state index contributed by atoms with van der Waals surface area (Å²) in [4.78, 5) is 11.6. The normalized spacial score (nSPS) is 33.0. The predicted octanol–water partition coefficient (Wildman–Crippen LogP) is 2.47. The second kappa shape index (κ2) is 4.84. The first-order valence-corrected chi connectivity index (χ1v) is 6.55. The summed E-state index contributed by atoms with van der Waals surface area (Å²) in [7, 11) is 0. The molecule has 0 bridgehead atoms. The van der Waals surface area contributed by atoms with E-state index in [2.05, 4.69) is 5.32 Å². The molecule has 1 amide bonds. The van der Waals surface area contributed by atoms with Gasteiger partial charge in [0.1, 0.15) is 5.60 Å². The maximum absolute atomic E-state index is 11.6. The third-order valence-electron chi connectivity index (χ3n) is 3.47. The molecule has 4 heteroatoms. The maximum Gasteiger partial charge on any atom is 0.407 e. The van der Waals surface area contributed by atoms with Gasteiger partial charge in [0.2, 0.25) is 0 Å². The van der Waals surface area contributed by atoms with Crippen molar-refractivity contribution in [2.24, 2.45) is 5.92 Å². The zero-order valence-corrected chi connectivity index (χ0v) is 11.0. The summed E-state index contributed by atoms with van der Waals surface area (Å²) in [6.45, 7) is 6.52. The van der Waals surface area contributed by atoms with Crippen LogP contribution in [-0.4, -0.2) is 30.4 Å². The van der Waals surface area contributed by atoms with Crippen molar-refractivity contribution in [3.63, 3.8) is 0 Å². The molecule has 1 aliphatic heterocycles. The largest absolute Gasteiger partial charge is 0.444 e. The van der Waals surface area contributed by atoms with Gasteiger partial charge in [-0.05, 0) is 52.4 Å². The molecule has 1 heterocycles. The van der Waals surface area contributed by atoms with Crippen molar-refractivity contribution >= 4 is 6.09 Å². The molecular formula is C13H23NO3. The highest BCUT2D eigenvalue weighted by Crippen LogP contribution is 2.34. The Morgan fingerprint density at radius 3 is 2.76 bits per heavy atom. The van der Waals surface area contributed by atoms with Crippen molar-refractivity contribution in [3.8, 4) is 0 Å². The lowest BCUT2D eigenvalue weighted by Crippen LogP contribution is -2.44. The summed E-state index contributed by atoms with van der Waals surface area (Å²) in [5.41, 5.74) is -0.425. The van der Waals surface area contributed by atoms with Crippen LogP contribution in [0.2, 0.25) is 0 Å². The zero-order chi connectivity index (χ0) is 12.5. The van der Waals surface area contributed by atoms with Crippen LogP contribution in [-0.2, 0) is 9.47 Å². The average Bonchev–Trinajstić information content (AvgIpc) is 2.61. The van der Waals surface area contributed by atoms with Gasteiger partial charge in [-0.1, -0.05) is 0 Å². The summed E-state index contributed by atoms with van der Waals surface area (Å²) in [5.74, 6) is 0.715. The van der Waals surface area contributed by atoms with E-state index in [0.717, 1.165) is 25.9 Å². The minimum atomic E-state index is -0.425. The van der Waals surface area contributed by atoms with E-state index in [4.69, 9.17) is 9.47 Å². The minimum absolute atomic E-state index is 0.212. The SMILES string of the molecule is CC(C)(C)OC(=O)N[C@@H]1CC[C@H]2CCO[C@@H]2C1. The number of nitrogens with one attached hydrogen (secondary N) is 1. The van der Waals surface area contributed by atoms with Gasteiger partial charge in [-0.3, -0.25) is 0 Å². The summed E-state index contributed by atoms with van der Waals surface area (Å²) >= 11 is 0. The van der Waals surface area contributed by atoms with Gasteiger partial charge in [0, 0.05) is 12.6 Å². The second-order valence-corrected chi connectivity index (χ2v) is 6.11. The van der Waals surface area contributed by atoms with Gasteiger partial charge in [0.25, 0.3) is 0 Å². The second-order valence-electron chi connectivity index (χ2n) is 6.11. The quantitative estimate of drug-likeness (QED) is 0.767. The van der Waals surface area contributed by atoms with Gasteiger partial charge in [0.15, 0.2) is 0 Å². The van der Waals surface area contributed by atoms with Crippen LogP contribution in [0.1, 0.15) is 46.5 Å². The van der Waals surface area contributed by atoms with Crippen molar-refractivity contribution in [1.29, 1.82) is 0 Å². The molecule has 1 saturated carbocycles. The Morgan fingerprint density at radius 2 is 2.06 bits per heavy atom. The molecule has 2 rings (SSSR count). The Hall–Kier alpha value is -0.770. The van der Waals surface area contributed by atoms with E-state index in [0.29, 0.717) is 12.0 Å². The summed E-state index contributed by atoms with van der Waals surface area (Å²) in [5, 5.41) is 2.95. The lowest BCUT2D eigenvalue weighted by Gasteiger charge is -2.31. The van der Waals surface area contributed by atoms with Gasteiger partial charge >= 0.3 is 6.09 Å². The highest BCUT2D eigenvalue weighted by Gasteiger charge is 2.35. The first kappa shape index (κ1) is 12.7. The zero-order valence-electron chi connectivity index (χ0n) is 11.0. The molecule has 0 aromatic carbocycles. The van der Waals surface area contributed by atoms with Crippen LogP contribution < -0.4 is 5.32 Å². The number of fused-ring (bicyclic) bond motifs is 1. The molecule has 1 N–H and O–H groups in total. The van der Waals surface area contributed by atoms with Gasteiger partial charge in [-0.25, -0.2) is 4.79 Å². The topological polar surface area (TPSA) is 47.6 Å². The molecule has 0 spiro atoms. The number of carbonyl (C=O) groups is 1. The number of amides is 1. The molecule has 0 aromatic rings. The van der Waals surface area contributed by atoms with Crippen LogP contribution in [0.3, 0.4) is 0 Å². The van der Waals surface area contributed by atoms with Crippen molar-refractivity contribution in [3.05, 3.63) is 0 Å². The molecule has 4 nitrogen and oxygen atoms in total. The fourth-order valence-electron chi connectivity index (χ4n) is 2.70. The standard InChI is InChI=1S/C13H23NO3/c1-13(2,3)17-12(15)14-10-5-4-9-6-7-16-11(9)8-10/h9-11H,4-8H2,1-3H3,(H,14,15)/t9-,10+,11+/m0/s1. The van der Waals surface area contributed by atoms with Crippen molar-refractivity contribution < 1.29 is 14.3 Å². The summed E-state index contributed by atoms with van der Waals surface area (Å²) in [6, 6.07) is 0.212. The number of ether oxygens (including phenoxy) is 2. The molecular weight excluding hydrogens is 218 g/mol. The van der Waals surface area contributed by atoms with E-state index in [1.54, 1.807) is 0 Å². The average molecular weight is 241 g/mol. The van der Waals surface area contributed by atoms with E-state index in [1.807, 2.05) is 20.8 Å². The van der Waals surface area contributed by atoms with Gasteiger partial charge in [-0.2, -0.15) is 0 Å². The molecule has 2 fully saturated rings. The van der Waals surface area contributed by atoms with Gasteiger partial charge < -0.3 is 14.8 Å². The number of hydrogen-bond acceptors (Lipinski definition) is 3. The monoisotopic (exact) mass is 241 g/mol. The number of carbonyl (C=O) groups excluding carboxylic acids is 1. The van der Waals surface area contributed by atoms with Crippen LogP contribution in [0.25, 0.3) is 0 Å². The van der Waals surface area contributed by atoms with Gasteiger partial charge in [-0.15, -0.1) is 0 Å². The fraction of sp³-hybridized carbons (Fsp3) is 0.923. The third-order valence-corrected chi connectivity index (χ3v) is 3.47. The summed E-state index contributed by atoms with van der Waals surface area (Å²) < 4.78 is 10.9. The lowest BCUT2D eigenvalue weighted by atomic mass is 9.83. The Morgan fingerprint density at radius 1 is 1.29 bits per heavy atom. The van der Waals surface area contributed by atoms with E-state index in [-0.39, 0.29) is 12.1 Å². The Balaban J connectivity index is 1.78. The van der Waals surface area contributed by atoms with Crippen LogP contribution >= 0.6 is 0 Å². The molecule has 17 heavy (non-hydrogen) atoms. The third kappa shape index (κ3) is 3.60. The number of alkyl carbamates (subject to hydrolysis) is 1. The molecule has 3 atom stereocenters. The van der Waals surface area contributed by atoms with Gasteiger partial charge in [0.05, 0.1) is 6.10 Å². The molecule has 0 radical (unpaired) electrons. The van der Waals surface area contributed by atoms with Crippen molar-refractivity contribution in [2.45, 2.75) is 64.2 Å². The van der Waals surface area contributed by atoms with Crippen LogP contribution in [0.5, 0.6) is 0 Å². The first-order valence-electron chi connectivity index (χ1n) is 6.55. The van der Waals surface area contributed by atoms with E-state index in [1.165, 1.54) is 6.42 Å².